The molecule has 0 bridgehead atoms. The summed E-state index contributed by atoms with van der Waals surface area (Å²) in [6, 6.07) is 8.28. The van der Waals surface area contributed by atoms with Gasteiger partial charge in [0.15, 0.2) is 6.10 Å². The Kier molecular flexibility index (Phi) is 5.93. The van der Waals surface area contributed by atoms with Gasteiger partial charge >= 0.3 is 11.9 Å². The third-order valence-electron chi connectivity index (χ3n) is 4.35. The van der Waals surface area contributed by atoms with Crippen LogP contribution in [0, 0.1) is 0 Å². The minimum Gasteiger partial charge on any atom is -0.457 e. The van der Waals surface area contributed by atoms with Gasteiger partial charge in [-0.1, -0.05) is 6.07 Å². The SMILES string of the molecule is CC(=O)O[C@@H](C(=O)OC(C)(C)C)[C@H]1OCCN(c2ccc3ccc(=O)[nH]c3c2)C1=O. The van der Waals surface area contributed by atoms with Crippen molar-refractivity contribution in [1.82, 2.24) is 4.98 Å². The van der Waals surface area contributed by atoms with Gasteiger partial charge in [-0.3, -0.25) is 14.4 Å². The van der Waals surface area contributed by atoms with Gasteiger partial charge in [0.1, 0.15) is 5.60 Å². The molecule has 30 heavy (non-hydrogen) atoms. The molecule has 0 unspecified atom stereocenters. The van der Waals surface area contributed by atoms with E-state index >= 15 is 0 Å². The fourth-order valence-corrected chi connectivity index (χ4v) is 3.16. The van der Waals surface area contributed by atoms with E-state index in [1.807, 2.05) is 0 Å². The first-order chi connectivity index (χ1) is 14.0. The summed E-state index contributed by atoms with van der Waals surface area (Å²) in [7, 11) is 0. The lowest BCUT2D eigenvalue weighted by atomic mass is 10.1. The predicted octanol–water partition coefficient (Wildman–Crippen LogP) is 1.53. The lowest BCUT2D eigenvalue weighted by molar-refractivity contribution is -0.188. The van der Waals surface area contributed by atoms with E-state index < -0.39 is 35.7 Å². The first-order valence-electron chi connectivity index (χ1n) is 9.51. The molecular formula is C21H24N2O7. The Morgan fingerprint density at radius 1 is 1.20 bits per heavy atom. The molecule has 1 aromatic carbocycles. The second kappa shape index (κ2) is 8.27. The number of morpholine rings is 1. The molecule has 0 aliphatic carbocycles. The van der Waals surface area contributed by atoms with Crippen LogP contribution < -0.4 is 10.5 Å². The molecule has 9 nitrogen and oxygen atoms in total. The molecule has 1 aliphatic heterocycles. The first-order valence-corrected chi connectivity index (χ1v) is 9.51. The number of esters is 2. The van der Waals surface area contributed by atoms with Gasteiger partial charge in [-0.25, -0.2) is 4.79 Å². The lowest BCUT2D eigenvalue weighted by Crippen LogP contribution is -2.56. The summed E-state index contributed by atoms with van der Waals surface area (Å²) >= 11 is 0. The van der Waals surface area contributed by atoms with E-state index in [9.17, 15) is 19.2 Å². The van der Waals surface area contributed by atoms with Gasteiger partial charge < -0.3 is 24.1 Å². The number of aromatic nitrogens is 1. The number of aromatic amines is 1. The number of ether oxygens (including phenoxy) is 3. The Bertz CT molecular complexity index is 1040. The number of anilines is 1. The fraction of sp³-hybridized carbons (Fsp3) is 0.429. The molecule has 1 aliphatic rings. The highest BCUT2D eigenvalue weighted by Crippen LogP contribution is 2.25. The van der Waals surface area contributed by atoms with Crippen molar-refractivity contribution in [3.63, 3.8) is 0 Å². The number of carbonyl (C=O) groups is 3. The third-order valence-corrected chi connectivity index (χ3v) is 4.35. The number of fused-ring (bicyclic) bond motifs is 1. The van der Waals surface area contributed by atoms with Crippen LogP contribution in [-0.2, 0) is 28.6 Å². The molecule has 0 saturated carbocycles. The molecule has 1 saturated heterocycles. The van der Waals surface area contributed by atoms with Crippen molar-refractivity contribution in [1.29, 1.82) is 0 Å². The Hall–Kier alpha value is -3.20. The van der Waals surface area contributed by atoms with Crippen LogP contribution in [0.15, 0.2) is 35.1 Å². The van der Waals surface area contributed by atoms with Crippen LogP contribution in [0.25, 0.3) is 10.9 Å². The van der Waals surface area contributed by atoms with Crippen LogP contribution in [0.1, 0.15) is 27.7 Å². The number of hydrogen-bond donors (Lipinski definition) is 1. The van der Waals surface area contributed by atoms with Crippen molar-refractivity contribution in [2.45, 2.75) is 45.5 Å². The number of nitrogens with zero attached hydrogens (tertiary/aromatic N) is 1. The van der Waals surface area contributed by atoms with Crippen molar-refractivity contribution in [3.8, 4) is 0 Å². The average molecular weight is 416 g/mol. The highest BCUT2D eigenvalue weighted by Gasteiger charge is 2.44. The van der Waals surface area contributed by atoms with Crippen molar-refractivity contribution in [2.75, 3.05) is 18.1 Å². The molecule has 1 aromatic heterocycles. The standard InChI is InChI=1S/C21H24N2O7/c1-12(24)29-18(20(27)30-21(2,3)4)17-19(26)23(9-10-28-17)14-7-5-13-6-8-16(25)22-15(13)11-14/h5-8,11,17-18H,9-10H2,1-4H3,(H,22,25)/t17-,18-/m1/s1. The number of amides is 1. The molecule has 2 heterocycles. The predicted molar refractivity (Wildman–Crippen MR) is 108 cm³/mol. The Morgan fingerprint density at radius 2 is 1.90 bits per heavy atom. The van der Waals surface area contributed by atoms with Crippen LogP contribution in [-0.4, -0.2) is 53.8 Å². The van der Waals surface area contributed by atoms with E-state index in [4.69, 9.17) is 14.2 Å². The Labute approximate surface area is 172 Å². The van der Waals surface area contributed by atoms with E-state index in [1.165, 1.54) is 11.0 Å². The monoisotopic (exact) mass is 416 g/mol. The topological polar surface area (TPSA) is 115 Å². The molecule has 0 radical (unpaired) electrons. The molecule has 9 heteroatoms. The molecule has 2 aromatic rings. The van der Waals surface area contributed by atoms with Gasteiger partial charge in [-0.2, -0.15) is 0 Å². The van der Waals surface area contributed by atoms with Crippen molar-refractivity contribution >= 4 is 34.4 Å². The van der Waals surface area contributed by atoms with Crippen LogP contribution in [0.3, 0.4) is 0 Å². The van der Waals surface area contributed by atoms with Crippen LogP contribution in [0.5, 0.6) is 0 Å². The lowest BCUT2D eigenvalue weighted by Gasteiger charge is -2.35. The Balaban J connectivity index is 1.91. The number of nitrogens with one attached hydrogen (secondary N) is 1. The van der Waals surface area contributed by atoms with E-state index in [1.54, 1.807) is 45.0 Å². The molecule has 3 rings (SSSR count). The number of hydrogen-bond acceptors (Lipinski definition) is 7. The Morgan fingerprint density at radius 3 is 2.57 bits per heavy atom. The largest absolute Gasteiger partial charge is 0.457 e. The number of H-pyrrole nitrogens is 1. The molecular weight excluding hydrogens is 392 g/mol. The van der Waals surface area contributed by atoms with Crippen LogP contribution in [0.2, 0.25) is 0 Å². The summed E-state index contributed by atoms with van der Waals surface area (Å²) < 4.78 is 15.9. The second-order valence-corrected chi connectivity index (χ2v) is 7.94. The minimum atomic E-state index is -1.53. The molecule has 1 amide bonds. The molecule has 0 spiro atoms. The molecule has 2 atom stereocenters. The summed E-state index contributed by atoms with van der Waals surface area (Å²) in [6.45, 7) is 6.51. The van der Waals surface area contributed by atoms with Gasteiger partial charge in [-0.05, 0) is 44.4 Å². The highest BCUT2D eigenvalue weighted by molar-refractivity contribution is 6.02. The number of carbonyl (C=O) groups excluding carboxylic acids is 3. The zero-order valence-electron chi connectivity index (χ0n) is 17.3. The summed E-state index contributed by atoms with van der Waals surface area (Å²) in [5, 5.41) is 0.808. The maximum atomic E-state index is 13.2. The quantitative estimate of drug-likeness (QED) is 0.752. The smallest absolute Gasteiger partial charge is 0.351 e. The van der Waals surface area contributed by atoms with E-state index in [-0.39, 0.29) is 18.7 Å². The fourth-order valence-electron chi connectivity index (χ4n) is 3.16. The van der Waals surface area contributed by atoms with Crippen LogP contribution in [0.4, 0.5) is 5.69 Å². The van der Waals surface area contributed by atoms with Gasteiger partial charge in [0, 0.05) is 25.2 Å². The van der Waals surface area contributed by atoms with Crippen molar-refractivity contribution < 1.29 is 28.6 Å². The minimum absolute atomic E-state index is 0.125. The normalized spacial score (nSPS) is 18.2. The average Bonchev–Trinajstić information content (AvgIpc) is 2.64. The highest BCUT2D eigenvalue weighted by atomic mass is 16.6. The maximum absolute atomic E-state index is 13.2. The zero-order valence-corrected chi connectivity index (χ0v) is 17.3. The number of rotatable bonds is 4. The van der Waals surface area contributed by atoms with Gasteiger partial charge in [0.25, 0.3) is 5.91 Å². The van der Waals surface area contributed by atoms with Crippen LogP contribution >= 0.6 is 0 Å². The van der Waals surface area contributed by atoms with Crippen molar-refractivity contribution in [2.24, 2.45) is 0 Å². The molecule has 1 N–H and O–H groups in total. The summed E-state index contributed by atoms with van der Waals surface area (Å²) in [5.41, 5.74) is -0.00416. The maximum Gasteiger partial charge on any atom is 0.351 e. The van der Waals surface area contributed by atoms with E-state index in [0.29, 0.717) is 11.2 Å². The summed E-state index contributed by atoms with van der Waals surface area (Å²) in [5.74, 6) is -2.14. The van der Waals surface area contributed by atoms with E-state index in [0.717, 1.165) is 12.3 Å². The second-order valence-electron chi connectivity index (χ2n) is 7.94. The number of pyridine rings is 1. The van der Waals surface area contributed by atoms with Gasteiger partial charge in [0.2, 0.25) is 11.7 Å². The summed E-state index contributed by atoms with van der Waals surface area (Å²) in [4.78, 5) is 53.1. The summed E-state index contributed by atoms with van der Waals surface area (Å²) in [6.07, 6.45) is -2.87. The van der Waals surface area contributed by atoms with Crippen molar-refractivity contribution in [3.05, 3.63) is 40.7 Å². The van der Waals surface area contributed by atoms with E-state index in [2.05, 4.69) is 4.98 Å². The molecule has 1 fully saturated rings. The van der Waals surface area contributed by atoms with Gasteiger partial charge in [0.05, 0.1) is 12.1 Å². The first kappa shape index (κ1) is 21.5. The molecule has 160 valence electrons. The third kappa shape index (κ3) is 4.85. The zero-order chi connectivity index (χ0) is 22.1. The van der Waals surface area contributed by atoms with Gasteiger partial charge in [-0.15, -0.1) is 0 Å². The number of benzene rings is 1.